The van der Waals surface area contributed by atoms with Crippen LogP contribution in [-0.2, 0) is 0 Å². The number of rotatable bonds is 9. The molecule has 0 aliphatic heterocycles. The Balaban J connectivity index is 1.36. The lowest BCUT2D eigenvalue weighted by atomic mass is 9.36. The minimum absolute atomic E-state index is 0.118. The Morgan fingerprint density at radius 3 is 1.25 bits per heavy atom. The third-order valence-corrected chi connectivity index (χ3v) is 15.3. The molecule has 0 unspecified atom stereocenters. The van der Waals surface area contributed by atoms with E-state index in [0.717, 1.165) is 0 Å². The van der Waals surface area contributed by atoms with E-state index < -0.39 is 16.1 Å². The van der Waals surface area contributed by atoms with Crippen LogP contribution in [0.5, 0.6) is 0 Å². The Hall–Kier alpha value is -4.90. The van der Waals surface area contributed by atoms with Crippen molar-refractivity contribution in [2.75, 3.05) is 4.90 Å². The van der Waals surface area contributed by atoms with Crippen LogP contribution >= 0.6 is 0 Å². The molecule has 0 atom stereocenters. The normalized spacial score (nSPS) is 11.9. The van der Waals surface area contributed by atoms with Gasteiger partial charge in [-0.25, -0.2) is 0 Å². The van der Waals surface area contributed by atoms with Gasteiger partial charge in [0.05, 0.1) is 16.1 Å². The Bertz CT molecular complexity index is 2350. The second kappa shape index (κ2) is 15.0. The van der Waals surface area contributed by atoms with E-state index in [9.17, 15) is 0 Å². The predicted octanol–water partition coefficient (Wildman–Crippen LogP) is 11.1. The zero-order valence-corrected chi connectivity index (χ0v) is 36.8. The van der Waals surface area contributed by atoms with Gasteiger partial charge in [0.25, 0.3) is 0 Å². The van der Waals surface area contributed by atoms with Gasteiger partial charge in [-0.3, -0.25) is 0 Å². The van der Waals surface area contributed by atoms with E-state index in [1.54, 1.807) is 0 Å². The molecule has 0 fully saturated rings. The molecule has 0 bridgehead atoms. The summed E-state index contributed by atoms with van der Waals surface area (Å²) in [5.41, 5.74) is 16.6. The van der Waals surface area contributed by atoms with Crippen molar-refractivity contribution in [3.05, 3.63) is 167 Å². The molecular weight excluding hydrogens is 694 g/mol. The maximum atomic E-state index is 2.43. The van der Waals surface area contributed by atoms with Crippen LogP contribution in [0.1, 0.15) is 27.8 Å². The highest BCUT2D eigenvalue weighted by Gasteiger charge is 2.26. The molecule has 0 spiro atoms. The molecule has 0 aromatic heterocycles. The van der Waals surface area contributed by atoms with Crippen molar-refractivity contribution in [2.45, 2.75) is 73.9 Å². The molecular formula is C51H56BNSi2. The molecule has 0 radical (unpaired) electrons. The molecule has 0 amide bonds. The quantitative estimate of drug-likeness (QED) is 0.133. The number of fused-ring (bicyclic) bond motifs is 1. The molecule has 7 aromatic carbocycles. The molecule has 276 valence electrons. The lowest BCUT2D eigenvalue weighted by Crippen LogP contribution is -2.52. The average molecular weight is 750 g/mol. The summed E-state index contributed by atoms with van der Waals surface area (Å²) < 4.78 is 0. The topological polar surface area (TPSA) is 3.24 Å². The zero-order chi connectivity index (χ0) is 39.2. The average Bonchev–Trinajstić information content (AvgIpc) is 3.11. The van der Waals surface area contributed by atoms with E-state index in [1.807, 2.05) is 0 Å². The van der Waals surface area contributed by atoms with Crippen LogP contribution in [0.2, 0.25) is 39.3 Å². The summed E-state index contributed by atoms with van der Waals surface area (Å²) in [4.78, 5) is 2.43. The SMILES string of the molecule is Cc1cc(C)cc(B(c2cc(C)cc(C)c2)c2ccc(-c3ccc(N(c4ccc([Si](C)(C)C)cc4)c4ccc([Si](C)(C)C)cc4)cc3C)c3ccccc23)c1. The minimum atomic E-state index is -1.43. The van der Waals surface area contributed by atoms with Gasteiger partial charge in [-0.1, -0.05) is 191 Å². The number of hydrogen-bond acceptors (Lipinski definition) is 1. The van der Waals surface area contributed by atoms with Crippen LogP contribution in [0.4, 0.5) is 17.1 Å². The summed E-state index contributed by atoms with van der Waals surface area (Å²) in [7, 11) is -2.86. The number of benzene rings is 7. The molecule has 0 aliphatic carbocycles. The van der Waals surface area contributed by atoms with Crippen LogP contribution in [0, 0.1) is 34.6 Å². The Labute approximate surface area is 333 Å². The number of hydrogen-bond donors (Lipinski definition) is 0. The summed E-state index contributed by atoms with van der Waals surface area (Å²) in [6.07, 6.45) is 0. The number of nitrogens with zero attached hydrogens (tertiary/aromatic N) is 1. The van der Waals surface area contributed by atoms with Gasteiger partial charge >= 0.3 is 0 Å². The van der Waals surface area contributed by atoms with E-state index >= 15 is 0 Å². The molecule has 0 N–H and O–H groups in total. The molecule has 0 aliphatic rings. The predicted molar refractivity (Wildman–Crippen MR) is 251 cm³/mol. The van der Waals surface area contributed by atoms with E-state index in [0.29, 0.717) is 0 Å². The molecule has 1 nitrogen and oxygen atoms in total. The first-order valence-corrected chi connectivity index (χ1v) is 26.9. The van der Waals surface area contributed by atoms with Gasteiger partial charge in [-0.2, -0.15) is 0 Å². The zero-order valence-electron chi connectivity index (χ0n) is 34.8. The monoisotopic (exact) mass is 749 g/mol. The highest BCUT2D eigenvalue weighted by molar-refractivity contribution is 6.97. The van der Waals surface area contributed by atoms with Crippen molar-refractivity contribution in [1.29, 1.82) is 0 Å². The fraction of sp³-hybridized carbons (Fsp3) is 0.216. The first-order chi connectivity index (χ1) is 26.1. The Morgan fingerprint density at radius 1 is 0.400 bits per heavy atom. The third kappa shape index (κ3) is 8.08. The van der Waals surface area contributed by atoms with Gasteiger partial charge in [0.2, 0.25) is 6.71 Å². The smallest absolute Gasteiger partial charge is 0.242 e. The first-order valence-electron chi connectivity index (χ1n) is 19.9. The fourth-order valence-electron chi connectivity index (χ4n) is 8.47. The maximum Gasteiger partial charge on any atom is 0.242 e. The second-order valence-corrected chi connectivity index (χ2v) is 28.1. The molecule has 55 heavy (non-hydrogen) atoms. The van der Waals surface area contributed by atoms with Crippen molar-refractivity contribution in [2.24, 2.45) is 0 Å². The lowest BCUT2D eigenvalue weighted by molar-refractivity contribution is 1.27. The lowest BCUT2D eigenvalue weighted by Gasteiger charge is -2.28. The van der Waals surface area contributed by atoms with Gasteiger partial charge in [0.1, 0.15) is 0 Å². The van der Waals surface area contributed by atoms with Crippen LogP contribution < -0.4 is 31.7 Å². The fourth-order valence-corrected chi connectivity index (χ4v) is 10.8. The molecule has 7 rings (SSSR count). The summed E-state index contributed by atoms with van der Waals surface area (Å²) in [6.45, 7) is 25.8. The summed E-state index contributed by atoms with van der Waals surface area (Å²) in [5.74, 6) is 0. The van der Waals surface area contributed by atoms with Gasteiger partial charge in [0, 0.05) is 17.1 Å². The summed E-state index contributed by atoms with van der Waals surface area (Å²) in [6, 6.07) is 53.6. The van der Waals surface area contributed by atoms with Gasteiger partial charge in [-0.15, -0.1) is 0 Å². The highest BCUT2D eigenvalue weighted by atomic mass is 28.3. The molecule has 0 saturated heterocycles. The van der Waals surface area contributed by atoms with Crippen LogP contribution in [0.25, 0.3) is 21.9 Å². The standard InChI is InChI=1S/C51H56BNSi2/c1-35-28-36(2)31-40(30-35)52(41-32-37(3)29-38(4)33-41)51-27-26-49(48-14-12-13-15-50(48)51)47-25-20-44(34-39(47)5)53(42-16-21-45(22-17-42)54(6,7)8)43-18-23-46(24-19-43)55(9,10)11/h12-34H,1-11H3. The van der Waals surface area contributed by atoms with Crippen LogP contribution in [0.15, 0.2) is 140 Å². The maximum absolute atomic E-state index is 2.43. The number of aryl methyl sites for hydroxylation is 5. The van der Waals surface area contributed by atoms with E-state index in [1.165, 1.54) is 93.5 Å². The number of anilines is 3. The minimum Gasteiger partial charge on any atom is -0.310 e. The third-order valence-electron chi connectivity index (χ3n) is 11.2. The molecule has 0 saturated carbocycles. The van der Waals surface area contributed by atoms with E-state index in [-0.39, 0.29) is 6.71 Å². The van der Waals surface area contributed by atoms with Crippen molar-refractivity contribution < 1.29 is 0 Å². The van der Waals surface area contributed by atoms with Crippen LogP contribution in [-0.4, -0.2) is 22.9 Å². The van der Waals surface area contributed by atoms with Gasteiger partial charge in [-0.05, 0) is 98.5 Å². The van der Waals surface area contributed by atoms with Crippen molar-refractivity contribution >= 4 is 77.5 Å². The van der Waals surface area contributed by atoms with Crippen molar-refractivity contribution in [1.82, 2.24) is 0 Å². The molecule has 7 aromatic rings. The van der Waals surface area contributed by atoms with E-state index in [2.05, 4.69) is 218 Å². The Kier molecular flexibility index (Phi) is 10.4. The van der Waals surface area contributed by atoms with Crippen molar-refractivity contribution in [3.8, 4) is 11.1 Å². The van der Waals surface area contributed by atoms with Gasteiger partial charge in [0.15, 0.2) is 0 Å². The van der Waals surface area contributed by atoms with E-state index in [4.69, 9.17) is 0 Å². The first kappa shape index (κ1) is 38.4. The summed E-state index contributed by atoms with van der Waals surface area (Å²) >= 11 is 0. The van der Waals surface area contributed by atoms with Gasteiger partial charge < -0.3 is 4.90 Å². The molecule has 4 heteroatoms. The summed E-state index contributed by atoms with van der Waals surface area (Å²) in [5, 5.41) is 5.54. The largest absolute Gasteiger partial charge is 0.310 e. The molecule has 0 heterocycles. The van der Waals surface area contributed by atoms with Crippen molar-refractivity contribution in [3.63, 3.8) is 0 Å². The highest BCUT2D eigenvalue weighted by Crippen LogP contribution is 2.38. The van der Waals surface area contributed by atoms with Crippen LogP contribution in [0.3, 0.4) is 0 Å². The second-order valence-electron chi connectivity index (χ2n) is 18.0. The Morgan fingerprint density at radius 2 is 0.818 bits per heavy atom.